The number of anilines is 4. The van der Waals surface area contributed by atoms with E-state index in [-0.39, 0.29) is 173 Å². The van der Waals surface area contributed by atoms with E-state index in [0.717, 1.165) is 17.4 Å². The fourth-order valence-corrected chi connectivity index (χ4v) is 10.7. The summed E-state index contributed by atoms with van der Waals surface area (Å²) in [5.41, 5.74) is 1.55. The number of nitriles is 2. The molecule has 0 saturated carbocycles. The first-order chi connectivity index (χ1) is 29.1. The molecule has 3 aromatic heterocycles. The number of hydrogen-bond acceptors (Lipinski definition) is 19. The van der Waals surface area contributed by atoms with Crippen LogP contribution in [0.1, 0.15) is 76.5 Å². The van der Waals surface area contributed by atoms with Crippen LogP contribution in [0.4, 0.5) is 34.5 Å². The van der Waals surface area contributed by atoms with Crippen LogP contribution in [0.2, 0.25) is 0 Å². The Kier molecular flexibility index (Phi) is 18.0. The first kappa shape index (κ1) is 57.1. The Morgan fingerprint density at radius 1 is 0.667 bits per heavy atom. The number of benzene rings is 3. The molecule has 0 atom stereocenters. The van der Waals surface area contributed by atoms with Crippen molar-refractivity contribution in [2.45, 2.75) is 89.3 Å². The van der Waals surface area contributed by atoms with E-state index in [1.807, 2.05) is 20.8 Å². The number of thiazole rings is 1. The van der Waals surface area contributed by atoms with Gasteiger partial charge in [0, 0.05) is 22.4 Å². The van der Waals surface area contributed by atoms with Gasteiger partial charge in [-0.3, -0.25) is 0 Å². The molecule has 0 spiro atoms. The molecule has 0 fully saturated rings. The van der Waals surface area contributed by atoms with Crippen molar-refractivity contribution in [2.24, 2.45) is 10.2 Å². The molecule has 0 unspecified atom stereocenters. The van der Waals surface area contributed by atoms with Crippen LogP contribution in [0, 0.1) is 71.1 Å². The predicted octanol–water partition coefficient (Wildman–Crippen LogP) is -1.30. The van der Waals surface area contributed by atoms with E-state index in [4.69, 9.17) is 4.98 Å². The number of hydrogen-bond donors (Lipinski definition) is 2. The van der Waals surface area contributed by atoms with Crippen molar-refractivity contribution in [3.63, 3.8) is 0 Å². The largest absolute Gasteiger partial charge is 1.00 e. The second kappa shape index (κ2) is 20.8. The first-order valence-corrected chi connectivity index (χ1v) is 23.6. The van der Waals surface area contributed by atoms with E-state index in [1.165, 1.54) is 63.6 Å². The molecule has 3 heterocycles. The van der Waals surface area contributed by atoms with Crippen LogP contribution in [0.25, 0.3) is 15.3 Å². The molecule has 0 bridgehead atoms. The van der Waals surface area contributed by atoms with Gasteiger partial charge < -0.3 is 24.3 Å². The minimum atomic E-state index is -4.99. The van der Waals surface area contributed by atoms with Crippen molar-refractivity contribution in [3.8, 4) is 17.3 Å². The number of pyridine rings is 1. The summed E-state index contributed by atoms with van der Waals surface area (Å²) in [4.78, 5) is 7.84. The van der Waals surface area contributed by atoms with E-state index in [2.05, 4.69) is 43.1 Å². The van der Waals surface area contributed by atoms with Crippen molar-refractivity contribution in [3.05, 3.63) is 86.1 Å². The summed E-state index contributed by atoms with van der Waals surface area (Å²) < 4.78 is 111. The van der Waals surface area contributed by atoms with E-state index < -0.39 is 50.5 Å². The van der Waals surface area contributed by atoms with Crippen LogP contribution in [0.3, 0.4) is 0 Å². The summed E-state index contributed by atoms with van der Waals surface area (Å²) in [7, 11) is -14.7. The second-order valence-electron chi connectivity index (χ2n) is 15.7. The van der Waals surface area contributed by atoms with Crippen LogP contribution in [-0.4, -0.2) is 58.7 Å². The van der Waals surface area contributed by atoms with Crippen molar-refractivity contribution in [1.29, 1.82) is 10.5 Å². The third kappa shape index (κ3) is 11.3. The van der Waals surface area contributed by atoms with Crippen LogP contribution < -0.4 is 99.3 Å². The van der Waals surface area contributed by atoms with Crippen molar-refractivity contribution in [1.82, 2.24) is 19.7 Å². The monoisotopic (exact) mass is 998 g/mol. The standard InChI is InChI=1S/C40H40N10O9S4.3Na/c1-18-13-20(3)33(62(54,55)56)23(6)30(18)44-36-26(16-41)22(5)32(37(46-36)45-31-19(2)14-21(4)34(24(31)7)63(57,58)59)47-48-38-27(17-42)35(40(8,9)10)49-50(38)39-43-28-12-11-25(61(51,52)53)15-29(28)60-39;;;/h11-15H,1-10H3,(H2,44,45,46)(H,51,52,53)(H,54,55,56)(H,57,58,59);;;/q;3*+1/p-3. The molecular weight excluding hydrogens is 962 g/mol. The van der Waals surface area contributed by atoms with E-state index in [9.17, 15) is 49.4 Å². The molecule has 0 aliphatic heterocycles. The van der Waals surface area contributed by atoms with E-state index >= 15 is 0 Å². The average Bonchev–Trinajstić information content (AvgIpc) is 3.74. The summed E-state index contributed by atoms with van der Waals surface area (Å²) >= 11 is 0.957. The fourth-order valence-electron chi connectivity index (χ4n) is 7.36. The maximum Gasteiger partial charge on any atom is 1.00 e. The Labute approximate surface area is 452 Å². The minimum absolute atomic E-state index is 0. The normalized spacial score (nSPS) is 11.9. The molecular formula is C40H37N10Na3O9S4. The van der Waals surface area contributed by atoms with Crippen LogP contribution in [-0.2, 0) is 35.8 Å². The summed E-state index contributed by atoms with van der Waals surface area (Å²) in [6, 6.07) is 10.8. The van der Waals surface area contributed by atoms with Gasteiger partial charge in [0.15, 0.2) is 17.5 Å². The molecule has 0 radical (unpaired) electrons. The number of azo groups is 1. The molecule has 19 nitrogen and oxygen atoms in total. The smallest absolute Gasteiger partial charge is 0.744 e. The number of aryl methyl sites for hydroxylation is 4. The van der Waals surface area contributed by atoms with E-state index in [0.29, 0.717) is 21.3 Å². The van der Waals surface area contributed by atoms with Gasteiger partial charge in [0.05, 0.1) is 36.2 Å². The molecule has 0 saturated heterocycles. The summed E-state index contributed by atoms with van der Waals surface area (Å²) in [5, 5.41) is 41.0. The van der Waals surface area contributed by atoms with Crippen molar-refractivity contribution in [2.75, 3.05) is 10.6 Å². The van der Waals surface area contributed by atoms with Gasteiger partial charge in [-0.05, 0) is 100 Å². The number of rotatable bonds is 10. The third-order valence-electron chi connectivity index (χ3n) is 10.1. The fraction of sp³-hybridized carbons (Fsp3) is 0.275. The maximum absolute atomic E-state index is 12.5. The summed E-state index contributed by atoms with van der Waals surface area (Å²) in [6.07, 6.45) is 0. The van der Waals surface area contributed by atoms with Gasteiger partial charge in [0.2, 0.25) is 5.13 Å². The topological polar surface area (TPSA) is 312 Å². The summed E-state index contributed by atoms with van der Waals surface area (Å²) in [6.45, 7) is 16.0. The Hall–Kier alpha value is -3.18. The maximum atomic E-state index is 12.5. The van der Waals surface area contributed by atoms with Crippen LogP contribution in [0.15, 0.2) is 55.2 Å². The average molecular weight is 999 g/mol. The molecule has 26 heteroatoms. The zero-order chi connectivity index (χ0) is 46.9. The van der Waals surface area contributed by atoms with Crippen LogP contribution >= 0.6 is 11.3 Å². The van der Waals surface area contributed by atoms with Crippen LogP contribution in [0.5, 0.6) is 0 Å². The third-order valence-corrected chi connectivity index (χ3v) is 14.1. The van der Waals surface area contributed by atoms with Gasteiger partial charge >= 0.3 is 88.7 Å². The van der Waals surface area contributed by atoms with Gasteiger partial charge in [-0.1, -0.05) is 44.2 Å². The molecule has 0 aliphatic carbocycles. The van der Waals surface area contributed by atoms with Crippen molar-refractivity contribution < 1.29 is 128 Å². The minimum Gasteiger partial charge on any atom is -0.744 e. The van der Waals surface area contributed by atoms with Gasteiger partial charge in [0.1, 0.15) is 53.7 Å². The van der Waals surface area contributed by atoms with Crippen molar-refractivity contribution >= 4 is 86.4 Å². The van der Waals surface area contributed by atoms with E-state index in [1.54, 1.807) is 13.8 Å². The Morgan fingerprint density at radius 3 is 1.62 bits per heavy atom. The molecule has 6 rings (SSSR count). The molecule has 0 aliphatic rings. The first-order valence-electron chi connectivity index (χ1n) is 18.5. The molecule has 328 valence electrons. The zero-order valence-electron chi connectivity index (χ0n) is 38.3. The quantitative estimate of drug-likeness (QED) is 0.0916. The Morgan fingerprint density at radius 2 is 1.17 bits per heavy atom. The molecule has 6 aromatic rings. The predicted molar refractivity (Wildman–Crippen MR) is 230 cm³/mol. The van der Waals surface area contributed by atoms with Gasteiger partial charge in [-0.2, -0.15) is 20.3 Å². The van der Waals surface area contributed by atoms with Gasteiger partial charge in [-0.25, -0.2) is 35.2 Å². The number of nitrogens with one attached hydrogen (secondary N) is 2. The molecule has 66 heavy (non-hydrogen) atoms. The molecule has 0 amide bonds. The SMILES string of the molecule is Cc1cc(C)c(S(=O)(=O)[O-])c(C)c1Nc1nc(Nc2c(C)cc(C)c(S(=O)(=O)[O-])c2C)c(N=Nc2c(C#N)c(C(C)(C)C)nn2-c2nc3ccc(S(=O)(=O)[O-])cc3s2)c(C)c1C#N.[Na+].[Na+].[Na+]. The Balaban J connectivity index is 0.00000385. The van der Waals surface area contributed by atoms with Gasteiger partial charge in [-0.15, -0.1) is 10.2 Å². The zero-order valence-corrected chi connectivity index (χ0v) is 47.5. The van der Waals surface area contributed by atoms with Gasteiger partial charge in [0.25, 0.3) is 0 Å². The second-order valence-corrected chi connectivity index (χ2v) is 20.7. The molecule has 3 aromatic carbocycles. The number of nitrogens with zero attached hydrogens (tertiary/aromatic N) is 8. The molecule has 2 N–H and O–H groups in total. The Bertz CT molecular complexity index is 3430. The summed E-state index contributed by atoms with van der Waals surface area (Å²) in [5.74, 6) is -0.413. The number of fused-ring (bicyclic) bond motifs is 1. The number of aromatic nitrogens is 4.